The summed E-state index contributed by atoms with van der Waals surface area (Å²) < 4.78 is 31.2. The van der Waals surface area contributed by atoms with Crippen LogP contribution in [0.1, 0.15) is 0 Å². The van der Waals surface area contributed by atoms with Crippen LogP contribution in [-0.4, -0.2) is 0 Å². The lowest BCUT2D eigenvalue weighted by Crippen LogP contribution is -2.17. The zero-order valence-electron chi connectivity index (χ0n) is 4.64. The summed E-state index contributed by atoms with van der Waals surface area (Å²) in [4.78, 5) is 10.1. The van der Waals surface area contributed by atoms with Crippen molar-refractivity contribution in [2.24, 2.45) is 0 Å². The van der Waals surface area contributed by atoms with E-state index in [1.807, 2.05) is 0 Å². The Hall–Kier alpha value is -1.39. The highest BCUT2D eigenvalue weighted by Crippen LogP contribution is 1.65. The third-order valence-corrected chi connectivity index (χ3v) is 0.828. The maximum Gasteiger partial charge on any atom is 0.519 e. The molecule has 0 fully saturated rings. The lowest BCUT2D eigenvalue weighted by molar-refractivity contribution is 0.369. The van der Waals surface area contributed by atoms with Gasteiger partial charge in [-0.1, -0.05) is 0 Å². The Balaban J connectivity index is 3.69. The third kappa shape index (κ3) is 0.975. The summed E-state index contributed by atoms with van der Waals surface area (Å²) in [6, 6.07) is 0. The van der Waals surface area contributed by atoms with Crippen LogP contribution in [0, 0.1) is 0 Å². The van der Waals surface area contributed by atoms with Crippen LogP contribution in [0.4, 0.5) is 8.78 Å². The molecule has 1 heterocycles. The van der Waals surface area contributed by atoms with Crippen molar-refractivity contribution < 1.29 is 17.6 Å². The van der Waals surface area contributed by atoms with Gasteiger partial charge in [0, 0.05) is 0 Å². The first-order valence-corrected chi connectivity index (χ1v) is 2.28. The van der Waals surface area contributed by atoms with Gasteiger partial charge in [-0.05, 0) is 0 Å². The van der Waals surface area contributed by atoms with E-state index >= 15 is 0 Å². The van der Waals surface area contributed by atoms with Crippen molar-refractivity contribution in [1.29, 1.82) is 0 Å². The van der Waals surface area contributed by atoms with Crippen molar-refractivity contribution in [2.75, 3.05) is 0 Å². The van der Waals surface area contributed by atoms with E-state index in [1.54, 1.807) is 0 Å². The fourth-order valence-electron chi connectivity index (χ4n) is 0.453. The van der Waals surface area contributed by atoms with Gasteiger partial charge in [-0.25, -0.2) is 13.6 Å². The normalized spacial score (nSPS) is 14.6. The van der Waals surface area contributed by atoms with Crippen molar-refractivity contribution in [3.05, 3.63) is 21.4 Å². The Morgan fingerprint density at radius 1 is 1.10 bits per heavy atom. The van der Waals surface area contributed by atoms with Gasteiger partial charge in [-0.3, -0.25) is 0 Å². The van der Waals surface area contributed by atoms with Gasteiger partial charge in [0.05, 0.1) is 0 Å². The van der Waals surface area contributed by atoms with Gasteiger partial charge in [0.25, 0.3) is 0 Å². The van der Waals surface area contributed by atoms with E-state index in [9.17, 15) is 13.6 Å². The highest BCUT2D eigenvalue weighted by atomic mass is 19.1. The lowest BCUT2D eigenvalue weighted by Gasteiger charge is -1.62. The smallest absolute Gasteiger partial charge is 0.388 e. The molecule has 0 saturated carbocycles. The zero-order chi connectivity index (χ0) is 7.56. The molecule has 0 bridgehead atoms. The van der Waals surface area contributed by atoms with Crippen LogP contribution in [0.2, 0.25) is 0 Å². The Morgan fingerprint density at radius 2 is 1.50 bits per heavy atom. The van der Waals surface area contributed by atoms with Crippen LogP contribution in [-0.2, 0) is 0 Å². The van der Waals surface area contributed by atoms with E-state index in [0.717, 1.165) is 0 Å². The lowest BCUT2D eigenvalue weighted by atomic mass is 10.7. The SMILES string of the molecule is O=c1oc(=C\F)/c(=C\F)o1. The maximum atomic E-state index is 11.6. The van der Waals surface area contributed by atoms with Crippen molar-refractivity contribution in [1.82, 2.24) is 0 Å². The second-order valence-corrected chi connectivity index (χ2v) is 1.40. The van der Waals surface area contributed by atoms with Gasteiger partial charge in [-0.15, -0.1) is 0 Å². The van der Waals surface area contributed by atoms with E-state index in [2.05, 4.69) is 8.83 Å². The minimum absolute atomic E-state index is 0.0592. The Labute approximate surface area is 52.9 Å². The molecule has 3 nitrogen and oxygen atoms in total. The zero-order valence-corrected chi connectivity index (χ0v) is 4.64. The molecule has 0 aliphatic heterocycles. The average molecular weight is 148 g/mol. The Morgan fingerprint density at radius 3 is 1.80 bits per heavy atom. The number of hydrogen-bond donors (Lipinski definition) is 0. The molecular weight excluding hydrogens is 146 g/mol. The summed E-state index contributed by atoms with van der Waals surface area (Å²) in [7, 11) is 0. The second kappa shape index (κ2) is 2.47. The van der Waals surface area contributed by atoms with Crippen molar-refractivity contribution in [2.45, 2.75) is 0 Å². The van der Waals surface area contributed by atoms with Crippen LogP contribution < -0.4 is 16.7 Å². The molecule has 0 N–H and O–H groups in total. The van der Waals surface area contributed by atoms with Crippen LogP contribution in [0.3, 0.4) is 0 Å². The van der Waals surface area contributed by atoms with Gasteiger partial charge in [0.15, 0.2) is 0 Å². The van der Waals surface area contributed by atoms with E-state index in [-0.39, 0.29) is 12.7 Å². The molecule has 10 heavy (non-hydrogen) atoms. The minimum Gasteiger partial charge on any atom is -0.388 e. The molecule has 0 unspecified atom stereocenters. The standard InChI is InChI=1S/C5H2F2O3/c6-1-3-4(2-7)10-5(8)9-3/h1-2H/b3-1-,4-2+. The largest absolute Gasteiger partial charge is 0.519 e. The molecule has 0 aliphatic rings. The first-order chi connectivity index (χ1) is 4.77. The van der Waals surface area contributed by atoms with Gasteiger partial charge < -0.3 is 8.83 Å². The maximum absolute atomic E-state index is 11.6. The predicted molar refractivity (Wildman–Crippen MR) is 27.6 cm³/mol. The van der Waals surface area contributed by atoms with Crippen LogP contribution in [0.5, 0.6) is 0 Å². The molecule has 0 aliphatic carbocycles. The van der Waals surface area contributed by atoms with Gasteiger partial charge >= 0.3 is 5.82 Å². The highest BCUT2D eigenvalue weighted by Gasteiger charge is 1.95. The molecule has 54 valence electrons. The summed E-state index contributed by atoms with van der Waals surface area (Å²) >= 11 is 0. The van der Waals surface area contributed by atoms with Crippen LogP contribution in [0.25, 0.3) is 12.7 Å². The van der Waals surface area contributed by atoms with E-state index < -0.39 is 16.7 Å². The van der Waals surface area contributed by atoms with E-state index in [1.165, 1.54) is 0 Å². The number of halogens is 2. The molecule has 1 aromatic rings. The Bertz CT molecular complexity index is 338. The summed E-state index contributed by atoms with van der Waals surface area (Å²) in [6.07, 6.45) is -0.118. The van der Waals surface area contributed by atoms with E-state index in [4.69, 9.17) is 0 Å². The number of rotatable bonds is 0. The quantitative estimate of drug-likeness (QED) is 0.505. The highest BCUT2D eigenvalue weighted by molar-refractivity contribution is 5.10. The number of hydrogen-bond acceptors (Lipinski definition) is 3. The topological polar surface area (TPSA) is 43.4 Å². The molecule has 5 heteroatoms. The first kappa shape index (κ1) is 6.73. The molecule has 0 amide bonds. The van der Waals surface area contributed by atoms with Crippen molar-refractivity contribution in [3.8, 4) is 0 Å². The predicted octanol–water partition coefficient (Wildman–Crippen LogP) is -0.352. The summed E-state index contributed by atoms with van der Waals surface area (Å²) in [5.74, 6) is -1.13. The van der Waals surface area contributed by atoms with Crippen molar-refractivity contribution in [3.63, 3.8) is 0 Å². The fraction of sp³-hybridized carbons (Fsp3) is 0. The molecule has 1 aromatic heterocycles. The fourth-order valence-corrected chi connectivity index (χ4v) is 0.453. The van der Waals surface area contributed by atoms with Gasteiger partial charge in [0.2, 0.25) is 10.8 Å². The first-order valence-electron chi connectivity index (χ1n) is 2.28. The van der Waals surface area contributed by atoms with Gasteiger partial charge in [0.1, 0.15) is 12.7 Å². The third-order valence-electron chi connectivity index (χ3n) is 0.828. The van der Waals surface area contributed by atoms with Crippen molar-refractivity contribution >= 4 is 12.7 Å². The monoisotopic (exact) mass is 148 g/mol. The summed E-state index contributed by atoms with van der Waals surface area (Å²) in [5.41, 5.74) is -1.10. The van der Waals surface area contributed by atoms with Crippen LogP contribution >= 0.6 is 0 Å². The summed E-state index contributed by atoms with van der Waals surface area (Å²) in [6.45, 7) is 0. The molecule has 0 saturated heterocycles. The molecule has 1 rings (SSSR count). The second-order valence-electron chi connectivity index (χ2n) is 1.40. The molecular formula is C5H2F2O3. The van der Waals surface area contributed by atoms with Crippen LogP contribution in [0.15, 0.2) is 13.6 Å². The molecule has 0 radical (unpaired) electrons. The minimum atomic E-state index is -1.13. The van der Waals surface area contributed by atoms with Gasteiger partial charge in [-0.2, -0.15) is 0 Å². The average Bonchev–Trinajstić information content (AvgIpc) is 2.30. The Kier molecular flexibility index (Phi) is 1.66. The molecule has 0 spiro atoms. The molecule has 0 aromatic carbocycles. The molecule has 0 atom stereocenters. The van der Waals surface area contributed by atoms with E-state index in [0.29, 0.717) is 0 Å². The summed E-state index contributed by atoms with van der Waals surface area (Å²) in [5, 5.41) is 0.